The third-order valence-electron chi connectivity index (χ3n) is 20.3. The Balaban J connectivity index is 3.00. The highest BCUT2D eigenvalue weighted by molar-refractivity contribution is 6.00. The van der Waals surface area contributed by atoms with Gasteiger partial charge in [0, 0.05) is 125 Å². The minimum absolute atomic E-state index is 0.0572. The van der Waals surface area contributed by atoms with Gasteiger partial charge in [0.05, 0.1) is 31.2 Å². The summed E-state index contributed by atoms with van der Waals surface area (Å²) in [5.41, 5.74) is 0. The minimum atomic E-state index is -4.34. The normalized spacial score (nSPS) is 27.1. The number of nitrogens with zero attached hydrogens (tertiary/aromatic N) is 9. The van der Waals surface area contributed by atoms with Crippen molar-refractivity contribution in [3.8, 4) is 0 Å². The van der Waals surface area contributed by atoms with Crippen molar-refractivity contribution in [3.63, 3.8) is 0 Å². The number of carbonyl (C=O) groups is 12. The molecule has 2 aliphatic rings. The maximum absolute atomic E-state index is 15.3. The summed E-state index contributed by atoms with van der Waals surface area (Å²) < 4.78 is 45.0. The van der Waals surface area contributed by atoms with Crippen LogP contribution in [-0.4, -0.2) is 276 Å². The van der Waals surface area contributed by atoms with Gasteiger partial charge < -0.3 is 54.4 Å². The monoisotopic (exact) mass is 1440 g/mol. The van der Waals surface area contributed by atoms with Gasteiger partial charge in [0.25, 0.3) is 0 Å². The number of likely N-dealkylation sites (N-methyl/N-ethyl adjacent to an activating group) is 7. The van der Waals surface area contributed by atoms with Gasteiger partial charge in [-0.15, -0.1) is 0 Å². The number of Topliss-reactive ketones (excluding diaryl/α,β-unsaturated/α-hetero) is 3. The summed E-state index contributed by atoms with van der Waals surface area (Å²) in [5, 5.41) is 15.0. The van der Waals surface area contributed by atoms with E-state index < -0.39 is 192 Å². The molecule has 24 nitrogen and oxygen atoms in total. The Morgan fingerprint density at radius 2 is 1.03 bits per heavy atom. The Labute approximate surface area is 600 Å². The highest BCUT2D eigenvalue weighted by atomic mass is 19.4. The van der Waals surface area contributed by atoms with Crippen molar-refractivity contribution >= 4 is 70.5 Å². The highest BCUT2D eigenvalue weighted by Gasteiger charge is 2.47. The predicted molar refractivity (Wildman–Crippen MR) is 381 cm³/mol. The van der Waals surface area contributed by atoms with Gasteiger partial charge in [-0.05, 0) is 81.5 Å². The maximum atomic E-state index is 15.3. The number of rotatable bonds is 20. The fourth-order valence-electron chi connectivity index (χ4n) is 13.6. The molecule has 0 aliphatic carbocycles. The number of ketones is 3. The van der Waals surface area contributed by atoms with Crippen LogP contribution in [0.3, 0.4) is 0 Å². The molecule has 2 aliphatic heterocycles. The predicted octanol–water partition coefficient (Wildman–Crippen LogP) is 6.63. The van der Waals surface area contributed by atoms with E-state index in [-0.39, 0.29) is 102 Å². The van der Waals surface area contributed by atoms with Crippen LogP contribution < -0.4 is 5.32 Å². The molecule has 0 bridgehead atoms. The van der Waals surface area contributed by atoms with E-state index in [4.69, 9.17) is 4.74 Å². The molecule has 2 heterocycles. The number of aliphatic hydroxyl groups is 1. The van der Waals surface area contributed by atoms with Gasteiger partial charge in [0.15, 0.2) is 11.6 Å². The van der Waals surface area contributed by atoms with E-state index in [2.05, 4.69) is 5.32 Å². The zero-order valence-corrected chi connectivity index (χ0v) is 65.4. The van der Waals surface area contributed by atoms with Crippen molar-refractivity contribution < 1.29 is 80.5 Å². The molecule has 2 rings (SSSR count). The maximum Gasteiger partial charge on any atom is 0.390 e. The molecule has 1 unspecified atom stereocenters. The second-order valence-corrected chi connectivity index (χ2v) is 30.8. The molecular weight excluding hydrogens is 1310 g/mol. The first-order valence-corrected chi connectivity index (χ1v) is 36.4. The number of allylic oxidation sites excluding steroid dienone is 2. The molecule has 0 saturated carbocycles. The number of halogens is 3. The van der Waals surface area contributed by atoms with Crippen molar-refractivity contribution in [3.05, 3.63) is 12.2 Å². The molecule has 27 heteroatoms. The smallest absolute Gasteiger partial charge is 0.390 e. The van der Waals surface area contributed by atoms with E-state index >= 15 is 33.6 Å². The quantitative estimate of drug-likeness (QED) is 0.121. The number of aliphatic hydroxyl groups excluding tert-OH is 1. The van der Waals surface area contributed by atoms with E-state index in [1.54, 1.807) is 86.3 Å². The van der Waals surface area contributed by atoms with Crippen LogP contribution in [0.15, 0.2) is 12.2 Å². The van der Waals surface area contributed by atoms with Gasteiger partial charge in [-0.25, -0.2) is 0 Å². The summed E-state index contributed by atoms with van der Waals surface area (Å²) in [4.78, 5) is 190. The molecule has 0 radical (unpaired) electrons. The van der Waals surface area contributed by atoms with Crippen LogP contribution in [0.5, 0.6) is 0 Å². The van der Waals surface area contributed by atoms with E-state index in [1.165, 1.54) is 80.8 Å². The molecule has 2 fully saturated rings. The standard InChI is InChI=1S/C74H127F3N10O14/c1-25-27-28-48(13)65(92)64-66(93)78-54(26-2)70(97)79(18)52(17)68(95)84(23)63(51(16)41-101-42-61(91)87-33-31-86(32-34-87)30-29-74(75,76)77)60(90)40-53(46(9)10)69(96)80(19)55(35-43(3)4)59(89)38-49(14)58(88)39-50(15)67(94)81(20)56(36-44(5)6)71(98)82(21)57(37-45(7)8)72(99)83(22)62(47(11)12)73(100)85(64)24/h25,27,43-57,62-65,92H,26,28-42H2,1-24H3,(H,78,93)/b27-25+/t48-,49-,50+,51-,52-,53+,54+,55+,56+,57+,62+,63+,64?,65-/m1/s1. The molecule has 0 aromatic carbocycles. The molecule has 9 amide bonds. The molecule has 0 aromatic heterocycles. The zero-order chi connectivity index (χ0) is 77.7. The van der Waals surface area contributed by atoms with Crippen LogP contribution >= 0.6 is 0 Å². The van der Waals surface area contributed by atoms with E-state index in [0.29, 0.717) is 0 Å². The lowest BCUT2D eigenvalue weighted by Gasteiger charge is -2.41. The Morgan fingerprint density at radius 3 is 1.51 bits per heavy atom. The van der Waals surface area contributed by atoms with E-state index in [0.717, 1.165) is 14.7 Å². The van der Waals surface area contributed by atoms with Gasteiger partial charge in [-0.1, -0.05) is 116 Å². The first-order valence-electron chi connectivity index (χ1n) is 36.4. The molecule has 101 heavy (non-hydrogen) atoms. The number of alkyl halides is 3. The second-order valence-electron chi connectivity index (χ2n) is 30.8. The Hall–Kier alpha value is -6.35. The van der Waals surface area contributed by atoms with Crippen molar-refractivity contribution in [1.29, 1.82) is 0 Å². The van der Waals surface area contributed by atoms with Gasteiger partial charge in [0.1, 0.15) is 48.6 Å². The van der Waals surface area contributed by atoms with E-state index in [9.17, 15) is 42.3 Å². The average Bonchev–Trinajstić information content (AvgIpc) is 0.807. The lowest BCUT2D eigenvalue weighted by atomic mass is 9.83. The summed E-state index contributed by atoms with van der Waals surface area (Å²) in [7, 11) is 9.85. The molecule has 0 spiro atoms. The number of hydrogen-bond donors (Lipinski definition) is 2. The largest absolute Gasteiger partial charge is 0.390 e. The first kappa shape index (κ1) is 90.7. The number of hydrogen-bond acceptors (Lipinski definition) is 15. The van der Waals surface area contributed by atoms with Crippen LogP contribution in [0.4, 0.5) is 13.2 Å². The summed E-state index contributed by atoms with van der Waals surface area (Å²) in [5.74, 6) is -13.6. The SMILES string of the molecule is C/C=C/C[C@@H](C)[C@@H](O)C1C(=O)N[C@@H](CC)C(=O)N(C)[C@H](C)C(=O)N(C)[C@@H]([C@H](C)COCC(=O)N2CCN(CCC(F)(F)F)CC2)C(=O)C[C@@H](C(C)C)C(=O)N(C)[C@@H](CC(C)C)C(=O)C[C@@H](C)C(=O)C[C@H](C)C(=O)N(C)[C@@H](CC(C)C)C(=O)N(C)[C@@H](CC(C)C)C(=O)N(C)[C@@H](C(C)C)C(=O)N1C. The highest BCUT2D eigenvalue weighted by Crippen LogP contribution is 2.30. The fourth-order valence-corrected chi connectivity index (χ4v) is 13.6. The summed E-state index contributed by atoms with van der Waals surface area (Å²) >= 11 is 0. The van der Waals surface area contributed by atoms with Crippen molar-refractivity contribution in [2.24, 2.45) is 59.2 Å². The van der Waals surface area contributed by atoms with Gasteiger partial charge in [0.2, 0.25) is 53.2 Å². The molecule has 14 atom stereocenters. The van der Waals surface area contributed by atoms with Gasteiger partial charge in [-0.3, -0.25) is 62.4 Å². The summed E-state index contributed by atoms with van der Waals surface area (Å²) in [6.07, 6.45) is -3.74. The molecule has 0 aromatic rings. The molecule has 2 N–H and O–H groups in total. The molecule has 2 saturated heterocycles. The van der Waals surface area contributed by atoms with Gasteiger partial charge in [-0.2, -0.15) is 13.2 Å². The second kappa shape index (κ2) is 41.2. The number of amides is 9. The Kier molecular flexibility index (Phi) is 37.0. The lowest BCUT2D eigenvalue weighted by molar-refractivity contribution is -0.157. The summed E-state index contributed by atoms with van der Waals surface area (Å²) in [6, 6.07) is -10.5. The van der Waals surface area contributed by atoms with Crippen LogP contribution in [0.25, 0.3) is 0 Å². The fraction of sp³-hybridized carbons (Fsp3) is 0.811. The third-order valence-corrected chi connectivity index (χ3v) is 20.3. The van der Waals surface area contributed by atoms with Crippen LogP contribution in [-0.2, 0) is 62.3 Å². The number of carbonyl (C=O) groups excluding carboxylic acids is 12. The summed E-state index contributed by atoms with van der Waals surface area (Å²) in [6.45, 7) is 29.1. The van der Waals surface area contributed by atoms with E-state index in [1.807, 2.05) is 41.5 Å². The Morgan fingerprint density at radius 1 is 0.554 bits per heavy atom. The minimum Gasteiger partial charge on any atom is -0.390 e. The van der Waals surface area contributed by atoms with Crippen LogP contribution in [0.1, 0.15) is 175 Å². The number of ether oxygens (including phenoxy) is 1. The number of nitrogens with one attached hydrogen (secondary N) is 1. The lowest BCUT2D eigenvalue weighted by Crippen LogP contribution is -2.63. The average molecular weight is 1440 g/mol. The Bertz CT molecular complexity index is 2830. The van der Waals surface area contributed by atoms with Crippen LogP contribution in [0.2, 0.25) is 0 Å². The number of piperazine rings is 1. The van der Waals surface area contributed by atoms with Crippen molar-refractivity contribution in [2.45, 2.75) is 236 Å². The topological polar surface area (TPSA) is 275 Å². The van der Waals surface area contributed by atoms with Crippen molar-refractivity contribution in [1.82, 2.24) is 49.4 Å². The zero-order valence-electron chi connectivity index (χ0n) is 65.4. The third kappa shape index (κ3) is 26.1. The van der Waals surface area contributed by atoms with Crippen molar-refractivity contribution in [2.75, 3.05) is 95.3 Å². The van der Waals surface area contributed by atoms with Gasteiger partial charge >= 0.3 is 6.18 Å². The molecular formula is C74H127F3N10O14. The van der Waals surface area contributed by atoms with Crippen LogP contribution in [0, 0.1) is 59.2 Å². The first-order chi connectivity index (χ1) is 46.7. The molecule has 578 valence electrons.